The van der Waals surface area contributed by atoms with Crippen molar-refractivity contribution in [2.75, 3.05) is 5.32 Å². The minimum absolute atomic E-state index is 0.0200. The summed E-state index contributed by atoms with van der Waals surface area (Å²) in [7, 11) is 0. The molecule has 9 heteroatoms. The lowest BCUT2D eigenvalue weighted by Crippen LogP contribution is -2.30. The van der Waals surface area contributed by atoms with Crippen LogP contribution in [0.25, 0.3) is 21.6 Å². The third-order valence-electron chi connectivity index (χ3n) is 4.65. The number of amides is 1. The van der Waals surface area contributed by atoms with Gasteiger partial charge in [0.2, 0.25) is 5.91 Å². The number of thiophene rings is 1. The van der Waals surface area contributed by atoms with Crippen LogP contribution in [0.1, 0.15) is 15.9 Å². The van der Waals surface area contributed by atoms with Crippen molar-refractivity contribution >= 4 is 39.1 Å². The van der Waals surface area contributed by atoms with E-state index in [4.69, 9.17) is 0 Å². The van der Waals surface area contributed by atoms with Crippen LogP contribution < -0.4 is 10.9 Å². The molecule has 0 unspecified atom stereocenters. The van der Waals surface area contributed by atoms with Crippen molar-refractivity contribution in [2.24, 2.45) is 0 Å². The summed E-state index contributed by atoms with van der Waals surface area (Å²) in [6.07, 6.45) is 0. The predicted octanol–water partition coefficient (Wildman–Crippen LogP) is 3.91. The van der Waals surface area contributed by atoms with Crippen LogP contribution in [0.4, 0.5) is 10.1 Å². The molecule has 0 radical (unpaired) electrons. The molecule has 0 aliphatic heterocycles. The van der Waals surface area contributed by atoms with Gasteiger partial charge >= 0.3 is 5.97 Å². The number of halogens is 1. The molecule has 0 bridgehead atoms. The van der Waals surface area contributed by atoms with Crippen molar-refractivity contribution in [2.45, 2.75) is 13.5 Å². The zero-order valence-corrected chi connectivity index (χ0v) is 17.1. The highest BCUT2D eigenvalue weighted by atomic mass is 32.1. The number of carbonyl (C=O) groups is 2. The fourth-order valence-corrected chi connectivity index (χ4v) is 4.13. The number of hydrogen-bond acceptors (Lipinski definition) is 5. The maximum Gasteiger partial charge on any atom is 0.337 e. The maximum atomic E-state index is 13.9. The summed E-state index contributed by atoms with van der Waals surface area (Å²) in [6, 6.07) is 12.9. The number of benzene rings is 2. The van der Waals surface area contributed by atoms with E-state index in [-0.39, 0.29) is 27.3 Å². The first-order valence-corrected chi connectivity index (χ1v) is 10.1. The average Bonchev–Trinajstić information content (AvgIpc) is 3.16. The first kappa shape index (κ1) is 20.4. The topological polar surface area (TPSA) is 101 Å². The number of aromatic nitrogens is 2. The fourth-order valence-electron chi connectivity index (χ4n) is 3.23. The lowest BCUT2D eigenvalue weighted by Gasteiger charge is -2.14. The zero-order chi connectivity index (χ0) is 22.1. The van der Waals surface area contributed by atoms with E-state index in [1.165, 1.54) is 23.6 Å². The molecule has 0 saturated carbocycles. The van der Waals surface area contributed by atoms with Crippen LogP contribution in [0.5, 0.6) is 0 Å². The van der Waals surface area contributed by atoms with Gasteiger partial charge < -0.3 is 10.4 Å². The van der Waals surface area contributed by atoms with E-state index in [0.29, 0.717) is 5.56 Å². The summed E-state index contributed by atoms with van der Waals surface area (Å²) in [5.41, 5.74) is 0.684. The van der Waals surface area contributed by atoms with Crippen molar-refractivity contribution in [1.29, 1.82) is 0 Å². The number of aryl methyl sites for hydroxylation is 1. The van der Waals surface area contributed by atoms with Gasteiger partial charge in [-0.3, -0.25) is 14.2 Å². The first-order chi connectivity index (χ1) is 14.8. The zero-order valence-electron chi connectivity index (χ0n) is 16.3. The van der Waals surface area contributed by atoms with Gasteiger partial charge in [-0.1, -0.05) is 35.9 Å². The average molecular weight is 437 g/mol. The summed E-state index contributed by atoms with van der Waals surface area (Å²) in [6.45, 7) is 1.41. The minimum atomic E-state index is -1.25. The number of para-hydroxylation sites is 1. The van der Waals surface area contributed by atoms with E-state index in [0.717, 1.165) is 21.5 Å². The van der Waals surface area contributed by atoms with Crippen molar-refractivity contribution in [3.05, 3.63) is 81.2 Å². The lowest BCUT2D eigenvalue weighted by atomic mass is 10.1. The van der Waals surface area contributed by atoms with Crippen molar-refractivity contribution in [1.82, 2.24) is 9.55 Å². The molecular formula is C22H16FN3O4S. The van der Waals surface area contributed by atoms with Gasteiger partial charge in [-0.2, -0.15) is 0 Å². The molecule has 0 spiro atoms. The van der Waals surface area contributed by atoms with Crippen molar-refractivity contribution in [3.8, 4) is 11.4 Å². The molecule has 31 heavy (non-hydrogen) atoms. The number of aromatic carboxylic acids is 1. The number of anilines is 1. The molecule has 0 fully saturated rings. The first-order valence-electron chi connectivity index (χ1n) is 9.22. The molecule has 156 valence electrons. The van der Waals surface area contributed by atoms with Gasteiger partial charge in [0.25, 0.3) is 5.56 Å². The Kier molecular flexibility index (Phi) is 5.35. The monoisotopic (exact) mass is 437 g/mol. The number of carboxylic acid groups (broad SMARTS) is 1. The summed E-state index contributed by atoms with van der Waals surface area (Å²) in [5.74, 6) is -2.28. The van der Waals surface area contributed by atoms with E-state index in [9.17, 15) is 23.9 Å². The van der Waals surface area contributed by atoms with Crippen LogP contribution in [0.3, 0.4) is 0 Å². The van der Waals surface area contributed by atoms with Crippen LogP contribution in [0, 0.1) is 12.7 Å². The standard InChI is InChI=1S/C22H16FN3O4S/c1-12-5-4-6-13(9-12)19-25-20-18(14(11-31-20)22(29)30)21(28)26(19)10-17(27)24-16-8-3-2-7-15(16)23/h2-9,11H,10H2,1H3,(H,24,27)(H,29,30). The third-order valence-corrected chi connectivity index (χ3v) is 5.52. The number of nitrogens with zero attached hydrogens (tertiary/aromatic N) is 2. The molecule has 2 heterocycles. The Hall–Kier alpha value is -3.85. The second-order valence-electron chi connectivity index (χ2n) is 6.86. The molecule has 7 nitrogen and oxygen atoms in total. The summed E-state index contributed by atoms with van der Waals surface area (Å²) >= 11 is 1.05. The Balaban J connectivity index is 1.85. The van der Waals surface area contributed by atoms with Gasteiger partial charge in [0, 0.05) is 10.9 Å². The van der Waals surface area contributed by atoms with Crippen LogP contribution >= 0.6 is 11.3 Å². The molecule has 0 saturated heterocycles. The Morgan fingerprint density at radius 2 is 1.97 bits per heavy atom. The van der Waals surface area contributed by atoms with Gasteiger partial charge in [-0.05, 0) is 25.1 Å². The highest BCUT2D eigenvalue weighted by molar-refractivity contribution is 7.17. The number of hydrogen-bond donors (Lipinski definition) is 2. The van der Waals surface area contributed by atoms with Crippen molar-refractivity contribution in [3.63, 3.8) is 0 Å². The van der Waals surface area contributed by atoms with Crippen molar-refractivity contribution < 1.29 is 19.1 Å². The van der Waals surface area contributed by atoms with E-state index in [1.807, 2.05) is 19.1 Å². The predicted molar refractivity (Wildman–Crippen MR) is 116 cm³/mol. The Bertz CT molecular complexity index is 1390. The van der Waals surface area contributed by atoms with Gasteiger partial charge in [-0.25, -0.2) is 14.2 Å². The van der Waals surface area contributed by atoms with E-state index in [2.05, 4.69) is 10.3 Å². The third kappa shape index (κ3) is 3.95. The Morgan fingerprint density at radius 1 is 1.19 bits per heavy atom. The molecule has 0 atom stereocenters. The highest BCUT2D eigenvalue weighted by Gasteiger charge is 2.22. The fraction of sp³-hybridized carbons (Fsp3) is 0.0909. The minimum Gasteiger partial charge on any atom is -0.478 e. The smallest absolute Gasteiger partial charge is 0.337 e. The molecule has 0 aliphatic carbocycles. The molecule has 4 aromatic rings. The van der Waals surface area contributed by atoms with Gasteiger partial charge in [0.05, 0.1) is 16.6 Å². The van der Waals surface area contributed by atoms with Gasteiger partial charge in [0.15, 0.2) is 0 Å². The van der Waals surface area contributed by atoms with Gasteiger partial charge in [0.1, 0.15) is 23.0 Å². The Labute approximate surface area is 179 Å². The highest BCUT2D eigenvalue weighted by Crippen LogP contribution is 2.26. The normalized spacial score (nSPS) is 10.9. The van der Waals surface area contributed by atoms with E-state index in [1.54, 1.807) is 18.2 Å². The van der Waals surface area contributed by atoms with Crippen LogP contribution in [0.15, 0.2) is 58.7 Å². The number of carboxylic acids is 1. The second kappa shape index (κ2) is 8.11. The maximum absolute atomic E-state index is 13.9. The summed E-state index contributed by atoms with van der Waals surface area (Å²) in [5, 5.41) is 13.2. The molecule has 2 aromatic heterocycles. The van der Waals surface area contributed by atoms with E-state index >= 15 is 0 Å². The summed E-state index contributed by atoms with van der Waals surface area (Å²) in [4.78, 5) is 42.2. The molecule has 2 N–H and O–H groups in total. The van der Waals surface area contributed by atoms with Crippen LogP contribution in [-0.4, -0.2) is 26.5 Å². The molecule has 0 aliphatic rings. The SMILES string of the molecule is Cc1cccc(-c2nc3scc(C(=O)O)c3c(=O)n2CC(=O)Nc2ccccc2F)c1. The number of rotatable bonds is 5. The molecule has 1 amide bonds. The van der Waals surface area contributed by atoms with Gasteiger partial charge in [-0.15, -0.1) is 11.3 Å². The number of fused-ring (bicyclic) bond motifs is 1. The second-order valence-corrected chi connectivity index (χ2v) is 7.72. The van der Waals surface area contributed by atoms with Crippen LogP contribution in [0.2, 0.25) is 0 Å². The summed E-state index contributed by atoms with van der Waals surface area (Å²) < 4.78 is 15.0. The van der Waals surface area contributed by atoms with Crippen LogP contribution in [-0.2, 0) is 11.3 Å². The Morgan fingerprint density at radius 3 is 2.68 bits per heavy atom. The lowest BCUT2D eigenvalue weighted by molar-refractivity contribution is -0.116. The molecular weight excluding hydrogens is 421 g/mol. The quantitative estimate of drug-likeness (QED) is 0.493. The molecule has 4 rings (SSSR count). The largest absolute Gasteiger partial charge is 0.478 e. The van der Waals surface area contributed by atoms with E-state index < -0.39 is 29.8 Å². The number of carbonyl (C=O) groups excluding carboxylic acids is 1. The molecule has 2 aromatic carbocycles. The number of nitrogens with one attached hydrogen (secondary N) is 1.